The second kappa shape index (κ2) is 6.15. The van der Waals surface area contributed by atoms with Crippen LogP contribution in [0.2, 0.25) is 5.02 Å². The van der Waals surface area contributed by atoms with E-state index in [1.54, 1.807) is 23.0 Å². The molecule has 0 aliphatic heterocycles. The minimum absolute atomic E-state index is 0.619. The fraction of sp³-hybridized carbons (Fsp3) is 0. The summed E-state index contributed by atoms with van der Waals surface area (Å²) in [7, 11) is 0. The zero-order chi connectivity index (χ0) is 14.5. The van der Waals surface area contributed by atoms with Gasteiger partial charge in [-0.3, -0.25) is 5.43 Å². The molecule has 0 atom stereocenters. The number of benzene rings is 2. The number of halogens is 1. The Morgan fingerprint density at radius 2 is 2.00 bits per heavy atom. The molecule has 0 amide bonds. The Balaban J connectivity index is 1.86. The fourth-order valence-corrected chi connectivity index (χ4v) is 1.98. The molecule has 0 radical (unpaired) electrons. The van der Waals surface area contributed by atoms with Crippen LogP contribution in [-0.2, 0) is 0 Å². The van der Waals surface area contributed by atoms with Gasteiger partial charge in [0, 0.05) is 10.6 Å². The number of hydrazone groups is 1. The number of tetrazole rings is 1. The van der Waals surface area contributed by atoms with Gasteiger partial charge < -0.3 is 0 Å². The second-order valence-electron chi connectivity index (χ2n) is 4.19. The molecule has 0 fully saturated rings. The molecule has 0 aliphatic rings. The largest absolute Gasteiger partial charge is 0.279 e. The Hall–Kier alpha value is -2.73. The van der Waals surface area contributed by atoms with Gasteiger partial charge in [-0.2, -0.15) is 9.78 Å². The molecule has 1 N–H and O–H groups in total. The Morgan fingerprint density at radius 1 is 1.14 bits per heavy atom. The molecule has 1 heterocycles. The summed E-state index contributed by atoms with van der Waals surface area (Å²) in [6.45, 7) is 0. The predicted molar refractivity (Wildman–Crippen MR) is 81.8 cm³/mol. The smallest absolute Gasteiger partial charge is 0.143 e. The third-order valence-electron chi connectivity index (χ3n) is 2.76. The summed E-state index contributed by atoms with van der Waals surface area (Å²) in [5, 5.41) is 16.0. The lowest BCUT2D eigenvalue weighted by Crippen LogP contribution is -2.01. The standard InChI is InChI=1S/C14H11ClN6/c15-12-6-7-14(21-10-17-19-20-21)11(8-12)9-16-18-13-4-2-1-3-5-13/h1-10,18H. The van der Waals surface area contributed by atoms with Crippen molar-refractivity contribution in [2.24, 2.45) is 5.10 Å². The van der Waals surface area contributed by atoms with E-state index in [-0.39, 0.29) is 0 Å². The van der Waals surface area contributed by atoms with Gasteiger partial charge in [-0.25, -0.2) is 0 Å². The van der Waals surface area contributed by atoms with Crippen molar-refractivity contribution in [3.05, 3.63) is 65.4 Å². The summed E-state index contributed by atoms with van der Waals surface area (Å²) in [5.41, 5.74) is 5.45. The second-order valence-corrected chi connectivity index (χ2v) is 4.63. The summed E-state index contributed by atoms with van der Waals surface area (Å²) in [5.74, 6) is 0. The van der Waals surface area contributed by atoms with Gasteiger partial charge in [0.1, 0.15) is 6.33 Å². The quantitative estimate of drug-likeness (QED) is 0.594. The normalized spacial score (nSPS) is 10.9. The molecule has 2 aromatic carbocycles. The number of rotatable bonds is 4. The number of nitrogens with zero attached hydrogens (tertiary/aromatic N) is 5. The third-order valence-corrected chi connectivity index (χ3v) is 2.99. The highest BCUT2D eigenvalue weighted by Gasteiger charge is 2.05. The first-order valence-corrected chi connectivity index (χ1v) is 6.58. The van der Waals surface area contributed by atoms with Crippen molar-refractivity contribution in [3.8, 4) is 5.69 Å². The molecule has 3 rings (SSSR count). The molecule has 0 bridgehead atoms. The highest BCUT2D eigenvalue weighted by atomic mass is 35.5. The van der Waals surface area contributed by atoms with E-state index in [1.165, 1.54) is 6.33 Å². The van der Waals surface area contributed by atoms with Gasteiger partial charge in [0.15, 0.2) is 0 Å². The Morgan fingerprint density at radius 3 is 2.76 bits per heavy atom. The van der Waals surface area contributed by atoms with E-state index in [0.29, 0.717) is 5.02 Å². The lowest BCUT2D eigenvalue weighted by atomic mass is 10.2. The summed E-state index contributed by atoms with van der Waals surface area (Å²) in [4.78, 5) is 0. The van der Waals surface area contributed by atoms with Crippen molar-refractivity contribution < 1.29 is 0 Å². The van der Waals surface area contributed by atoms with E-state index in [4.69, 9.17) is 11.6 Å². The van der Waals surface area contributed by atoms with Crippen molar-refractivity contribution in [1.82, 2.24) is 20.2 Å². The predicted octanol–water partition coefficient (Wildman–Crippen LogP) is 2.76. The van der Waals surface area contributed by atoms with E-state index in [2.05, 4.69) is 26.1 Å². The van der Waals surface area contributed by atoms with Gasteiger partial charge in [-0.05, 0) is 40.8 Å². The number of nitrogens with one attached hydrogen (secondary N) is 1. The number of aromatic nitrogens is 4. The van der Waals surface area contributed by atoms with Crippen molar-refractivity contribution in [2.45, 2.75) is 0 Å². The Bertz CT molecular complexity index is 739. The van der Waals surface area contributed by atoms with Crippen LogP contribution in [0.25, 0.3) is 5.69 Å². The minimum Gasteiger partial charge on any atom is -0.279 e. The van der Waals surface area contributed by atoms with Crippen LogP contribution < -0.4 is 5.43 Å². The summed E-state index contributed by atoms with van der Waals surface area (Å²) in [6, 6.07) is 15.1. The molecule has 6 nitrogen and oxygen atoms in total. The first-order valence-electron chi connectivity index (χ1n) is 6.20. The van der Waals surface area contributed by atoms with Crippen molar-refractivity contribution in [2.75, 3.05) is 5.43 Å². The van der Waals surface area contributed by atoms with Gasteiger partial charge in [0.2, 0.25) is 0 Å². The maximum absolute atomic E-state index is 6.03. The maximum Gasteiger partial charge on any atom is 0.143 e. The SMILES string of the molecule is Clc1ccc(-n2cnnn2)c(C=NNc2ccccc2)c1. The molecular formula is C14H11ClN6. The fourth-order valence-electron chi connectivity index (χ4n) is 1.80. The average Bonchev–Trinajstić information content (AvgIpc) is 3.03. The van der Waals surface area contributed by atoms with E-state index in [0.717, 1.165) is 16.9 Å². The molecule has 0 unspecified atom stereocenters. The van der Waals surface area contributed by atoms with Crippen LogP contribution in [0.1, 0.15) is 5.56 Å². The molecular weight excluding hydrogens is 288 g/mol. The van der Waals surface area contributed by atoms with E-state index in [1.807, 2.05) is 36.4 Å². The third kappa shape index (κ3) is 3.24. The number of anilines is 1. The molecule has 0 saturated carbocycles. The van der Waals surface area contributed by atoms with Crippen molar-refractivity contribution >= 4 is 23.5 Å². The van der Waals surface area contributed by atoms with Gasteiger partial charge >= 0.3 is 0 Å². The summed E-state index contributed by atoms with van der Waals surface area (Å²) >= 11 is 6.03. The number of hydrogen-bond donors (Lipinski definition) is 1. The summed E-state index contributed by atoms with van der Waals surface area (Å²) in [6.07, 6.45) is 3.20. The Kier molecular flexibility index (Phi) is 3.88. The monoisotopic (exact) mass is 298 g/mol. The number of hydrogen-bond acceptors (Lipinski definition) is 5. The number of para-hydroxylation sites is 1. The van der Waals surface area contributed by atoms with Crippen LogP contribution >= 0.6 is 11.6 Å². The first-order chi connectivity index (χ1) is 10.3. The Labute approximate surface area is 126 Å². The van der Waals surface area contributed by atoms with Crippen molar-refractivity contribution in [1.29, 1.82) is 0 Å². The van der Waals surface area contributed by atoms with Gasteiger partial charge in [0.25, 0.3) is 0 Å². The zero-order valence-corrected chi connectivity index (χ0v) is 11.6. The molecule has 0 spiro atoms. The van der Waals surface area contributed by atoms with Crippen LogP contribution in [0, 0.1) is 0 Å². The maximum atomic E-state index is 6.03. The lowest BCUT2D eigenvalue weighted by molar-refractivity contribution is 0.788. The van der Waals surface area contributed by atoms with E-state index >= 15 is 0 Å². The van der Waals surface area contributed by atoms with Crippen LogP contribution in [-0.4, -0.2) is 26.4 Å². The van der Waals surface area contributed by atoms with Crippen LogP contribution in [0.15, 0.2) is 60.0 Å². The van der Waals surface area contributed by atoms with E-state index < -0.39 is 0 Å². The first kappa shape index (κ1) is 13.3. The highest BCUT2D eigenvalue weighted by Crippen LogP contribution is 2.17. The topological polar surface area (TPSA) is 68.0 Å². The molecule has 104 valence electrons. The minimum atomic E-state index is 0.619. The zero-order valence-electron chi connectivity index (χ0n) is 10.9. The van der Waals surface area contributed by atoms with Gasteiger partial charge in [-0.15, -0.1) is 5.10 Å². The molecule has 1 aromatic heterocycles. The molecule has 0 aliphatic carbocycles. The molecule has 0 saturated heterocycles. The molecule has 7 heteroatoms. The molecule has 21 heavy (non-hydrogen) atoms. The molecule has 3 aromatic rings. The lowest BCUT2D eigenvalue weighted by Gasteiger charge is -2.05. The van der Waals surface area contributed by atoms with E-state index in [9.17, 15) is 0 Å². The van der Waals surface area contributed by atoms with Crippen LogP contribution in [0.3, 0.4) is 0 Å². The van der Waals surface area contributed by atoms with Crippen molar-refractivity contribution in [3.63, 3.8) is 0 Å². The summed E-state index contributed by atoms with van der Waals surface area (Å²) < 4.78 is 1.56. The van der Waals surface area contributed by atoms with Gasteiger partial charge in [0.05, 0.1) is 17.6 Å². The average molecular weight is 299 g/mol. The van der Waals surface area contributed by atoms with Crippen LogP contribution in [0.5, 0.6) is 0 Å². The highest BCUT2D eigenvalue weighted by molar-refractivity contribution is 6.31. The van der Waals surface area contributed by atoms with Gasteiger partial charge in [-0.1, -0.05) is 29.8 Å². The van der Waals surface area contributed by atoms with Crippen LogP contribution in [0.4, 0.5) is 5.69 Å².